The number of hydrogen-bond donors (Lipinski definition) is 1. The Kier molecular flexibility index (Phi) is 9.37. The lowest BCUT2D eigenvalue weighted by molar-refractivity contribution is -0.140. The summed E-state index contributed by atoms with van der Waals surface area (Å²) in [5.41, 5.74) is 1.29. The third kappa shape index (κ3) is 7.02. The molecule has 2 aliphatic heterocycles. The first-order chi connectivity index (χ1) is 21.4. The highest BCUT2D eigenvalue weighted by atomic mass is 32.2. The lowest BCUT2D eigenvalue weighted by atomic mass is 9.84. The van der Waals surface area contributed by atoms with Crippen molar-refractivity contribution in [2.45, 2.75) is 48.6 Å². The quantitative estimate of drug-likeness (QED) is 0.248. The number of amides is 1. The van der Waals surface area contributed by atoms with Crippen LogP contribution in [0, 0.1) is 0 Å². The Morgan fingerprint density at radius 1 is 0.886 bits per heavy atom. The van der Waals surface area contributed by atoms with E-state index in [4.69, 9.17) is 4.74 Å². The summed E-state index contributed by atoms with van der Waals surface area (Å²) in [6.07, 6.45) is 7.46. The van der Waals surface area contributed by atoms with Crippen molar-refractivity contribution in [1.82, 2.24) is 19.5 Å². The molecule has 1 amide bonds. The molecule has 6 rings (SSSR count). The van der Waals surface area contributed by atoms with Crippen LogP contribution in [-0.2, 0) is 25.2 Å². The number of nitrogens with one attached hydrogen (secondary N) is 1. The van der Waals surface area contributed by atoms with E-state index in [0.717, 1.165) is 41.5 Å². The average molecular weight is 613 g/mol. The number of carbonyl (C=O) groups excluding carboxylic acids is 1. The van der Waals surface area contributed by atoms with Gasteiger partial charge in [-0.15, -0.1) is 0 Å². The van der Waals surface area contributed by atoms with E-state index < -0.39 is 21.7 Å². The molecule has 230 valence electrons. The summed E-state index contributed by atoms with van der Waals surface area (Å²) in [7, 11) is -3.90. The fourth-order valence-corrected chi connectivity index (χ4v) is 7.71. The SMILES string of the molecule is O=C(CC(NS(=O)(=O)c1ccc2ccccc2c1)c1ccccc1)N1CCC(OCCN2CCCC2)(c2cccnc2)CC1. The Labute approximate surface area is 260 Å². The fourth-order valence-electron chi connectivity index (χ4n) is 6.45. The van der Waals surface area contributed by atoms with E-state index in [0.29, 0.717) is 32.5 Å². The predicted octanol–water partition coefficient (Wildman–Crippen LogP) is 5.27. The van der Waals surface area contributed by atoms with E-state index in [-0.39, 0.29) is 17.2 Å². The van der Waals surface area contributed by atoms with Crippen LogP contribution in [0.2, 0.25) is 0 Å². The zero-order chi connectivity index (χ0) is 30.4. The minimum absolute atomic E-state index is 0.0204. The van der Waals surface area contributed by atoms with Gasteiger partial charge >= 0.3 is 0 Å². The van der Waals surface area contributed by atoms with Gasteiger partial charge in [-0.3, -0.25) is 9.78 Å². The molecule has 1 atom stereocenters. The number of carbonyl (C=O) groups is 1. The normalized spacial score (nSPS) is 18.0. The molecule has 44 heavy (non-hydrogen) atoms. The smallest absolute Gasteiger partial charge is 0.241 e. The third-order valence-corrected chi connectivity index (χ3v) is 10.5. The third-order valence-electron chi connectivity index (χ3n) is 9.01. The lowest BCUT2D eigenvalue weighted by Gasteiger charge is -2.42. The van der Waals surface area contributed by atoms with Crippen LogP contribution in [0.1, 0.15) is 49.3 Å². The number of piperidine rings is 1. The minimum atomic E-state index is -3.90. The van der Waals surface area contributed by atoms with Crippen molar-refractivity contribution in [1.29, 1.82) is 0 Å². The van der Waals surface area contributed by atoms with Crippen molar-refractivity contribution in [3.8, 4) is 0 Å². The summed E-state index contributed by atoms with van der Waals surface area (Å²) < 4.78 is 36.7. The van der Waals surface area contributed by atoms with Gasteiger partial charge in [-0.25, -0.2) is 13.1 Å². The van der Waals surface area contributed by atoms with E-state index in [1.807, 2.05) is 77.8 Å². The van der Waals surface area contributed by atoms with Crippen molar-refractivity contribution in [2.24, 2.45) is 0 Å². The van der Waals surface area contributed by atoms with Crippen LogP contribution in [-0.4, -0.2) is 68.4 Å². The molecule has 0 saturated carbocycles. The van der Waals surface area contributed by atoms with Crippen LogP contribution < -0.4 is 4.72 Å². The number of aromatic nitrogens is 1. The van der Waals surface area contributed by atoms with Crippen LogP contribution in [0.15, 0.2) is 102 Å². The maximum atomic E-state index is 13.7. The Morgan fingerprint density at radius 2 is 1.61 bits per heavy atom. The number of fused-ring (bicyclic) bond motifs is 1. The van der Waals surface area contributed by atoms with Crippen molar-refractivity contribution in [3.63, 3.8) is 0 Å². The monoisotopic (exact) mass is 612 g/mol. The highest BCUT2D eigenvalue weighted by Crippen LogP contribution is 2.37. The average Bonchev–Trinajstić information content (AvgIpc) is 3.59. The minimum Gasteiger partial charge on any atom is -0.369 e. The largest absolute Gasteiger partial charge is 0.369 e. The highest BCUT2D eigenvalue weighted by Gasteiger charge is 2.39. The molecule has 2 fully saturated rings. The van der Waals surface area contributed by atoms with Gasteiger partial charge < -0.3 is 14.5 Å². The molecule has 0 radical (unpaired) electrons. The second-order valence-corrected chi connectivity index (χ2v) is 13.5. The molecule has 0 aliphatic carbocycles. The van der Waals surface area contributed by atoms with Gasteiger partial charge in [0.15, 0.2) is 0 Å². The molecule has 3 heterocycles. The number of hydrogen-bond acceptors (Lipinski definition) is 6. The predicted molar refractivity (Wildman–Crippen MR) is 171 cm³/mol. The standard InChI is InChI=1S/C35H40N4O4S/c40-34(39-21-16-35(17-22-39,31-13-8-18-36-27-31)43-24-23-38-19-6-7-20-38)26-33(29-10-2-1-3-11-29)37-44(41,42)32-15-14-28-9-4-5-12-30(28)25-32/h1-5,8-15,18,25,27,33,37H,6-7,16-17,19-24,26H2. The van der Waals surface area contributed by atoms with E-state index in [2.05, 4.69) is 20.7 Å². The summed E-state index contributed by atoms with van der Waals surface area (Å²) >= 11 is 0. The van der Waals surface area contributed by atoms with Gasteiger partial charge in [-0.05, 0) is 73.3 Å². The van der Waals surface area contributed by atoms with Crippen molar-refractivity contribution in [3.05, 3.63) is 108 Å². The van der Waals surface area contributed by atoms with Crippen LogP contribution in [0.5, 0.6) is 0 Å². The van der Waals surface area contributed by atoms with Gasteiger partial charge in [0.05, 0.1) is 23.1 Å². The maximum absolute atomic E-state index is 13.7. The Bertz CT molecular complexity index is 1650. The summed E-state index contributed by atoms with van der Waals surface area (Å²) in [5.74, 6) is -0.0862. The second-order valence-electron chi connectivity index (χ2n) is 11.8. The maximum Gasteiger partial charge on any atom is 0.241 e. The van der Waals surface area contributed by atoms with Gasteiger partial charge in [-0.2, -0.15) is 0 Å². The zero-order valence-corrected chi connectivity index (χ0v) is 25.8. The molecule has 2 aliphatic rings. The van der Waals surface area contributed by atoms with E-state index in [1.54, 1.807) is 18.3 Å². The molecular formula is C35H40N4O4S. The molecule has 0 bridgehead atoms. The molecule has 8 nitrogen and oxygen atoms in total. The van der Waals surface area contributed by atoms with Crippen LogP contribution in [0.3, 0.4) is 0 Å². The summed E-state index contributed by atoms with van der Waals surface area (Å²) in [5, 5.41) is 1.81. The number of pyridine rings is 1. The summed E-state index contributed by atoms with van der Waals surface area (Å²) in [6, 6.07) is 25.4. The van der Waals surface area contributed by atoms with E-state index in [1.165, 1.54) is 12.8 Å². The summed E-state index contributed by atoms with van der Waals surface area (Å²) in [4.78, 5) is 22.6. The van der Waals surface area contributed by atoms with Gasteiger partial charge in [0, 0.05) is 44.0 Å². The second kappa shape index (κ2) is 13.6. The van der Waals surface area contributed by atoms with Gasteiger partial charge in [-0.1, -0.05) is 66.7 Å². The lowest BCUT2D eigenvalue weighted by Crippen LogP contribution is -2.48. The van der Waals surface area contributed by atoms with Crippen LogP contribution in [0.4, 0.5) is 0 Å². The van der Waals surface area contributed by atoms with E-state index in [9.17, 15) is 13.2 Å². The van der Waals surface area contributed by atoms with Crippen molar-refractivity contribution in [2.75, 3.05) is 39.3 Å². The van der Waals surface area contributed by atoms with Crippen LogP contribution in [0.25, 0.3) is 10.8 Å². The Morgan fingerprint density at radius 3 is 2.34 bits per heavy atom. The number of sulfonamides is 1. The molecule has 4 aromatic rings. The molecule has 2 saturated heterocycles. The van der Waals surface area contributed by atoms with Crippen LogP contribution >= 0.6 is 0 Å². The Hall–Kier alpha value is -3.63. The fraction of sp³-hybridized carbons (Fsp3) is 0.371. The first kappa shape index (κ1) is 30.4. The Balaban J connectivity index is 1.15. The van der Waals surface area contributed by atoms with E-state index >= 15 is 0 Å². The van der Waals surface area contributed by atoms with Crippen molar-refractivity contribution >= 4 is 26.7 Å². The zero-order valence-electron chi connectivity index (χ0n) is 25.0. The highest BCUT2D eigenvalue weighted by molar-refractivity contribution is 7.89. The number of ether oxygens (including phenoxy) is 1. The molecule has 0 spiro atoms. The topological polar surface area (TPSA) is 91.8 Å². The van der Waals surface area contributed by atoms with Gasteiger partial charge in [0.25, 0.3) is 0 Å². The molecular weight excluding hydrogens is 572 g/mol. The molecule has 1 unspecified atom stereocenters. The number of nitrogens with zero attached hydrogens (tertiary/aromatic N) is 3. The molecule has 1 N–H and O–H groups in total. The van der Waals surface area contributed by atoms with Gasteiger partial charge in [0.2, 0.25) is 15.9 Å². The van der Waals surface area contributed by atoms with Crippen molar-refractivity contribution < 1.29 is 17.9 Å². The van der Waals surface area contributed by atoms with Gasteiger partial charge in [0.1, 0.15) is 0 Å². The first-order valence-corrected chi connectivity index (χ1v) is 17.0. The number of likely N-dealkylation sites (tertiary alicyclic amines) is 2. The molecule has 9 heteroatoms. The summed E-state index contributed by atoms with van der Waals surface area (Å²) in [6.45, 7) is 4.83. The number of rotatable bonds is 11. The molecule has 3 aromatic carbocycles. The molecule has 1 aromatic heterocycles. The number of benzene rings is 3. The first-order valence-electron chi connectivity index (χ1n) is 15.5.